The number of hydrogen-bond donors (Lipinski definition) is 2. The fourth-order valence-corrected chi connectivity index (χ4v) is 2.03. The van der Waals surface area contributed by atoms with E-state index in [0.717, 1.165) is 5.56 Å². The normalized spacial score (nSPS) is 9.91. The van der Waals surface area contributed by atoms with E-state index < -0.39 is 0 Å². The van der Waals surface area contributed by atoms with Crippen LogP contribution in [0.3, 0.4) is 0 Å². The molecule has 2 N–H and O–H groups in total. The number of hydrogen-bond acceptors (Lipinski definition) is 4. The lowest BCUT2D eigenvalue weighted by Crippen LogP contribution is -2.24. The third-order valence-electron chi connectivity index (χ3n) is 3.25. The Labute approximate surface area is 135 Å². The summed E-state index contributed by atoms with van der Waals surface area (Å²) >= 11 is 0. The second-order valence-corrected chi connectivity index (χ2v) is 4.92. The highest BCUT2D eigenvalue weighted by Crippen LogP contribution is 2.16. The minimum absolute atomic E-state index is 0.0434. The van der Waals surface area contributed by atoms with Crippen molar-refractivity contribution in [3.05, 3.63) is 65.2 Å². The Bertz CT molecular complexity index is 707. The van der Waals surface area contributed by atoms with Crippen molar-refractivity contribution in [2.45, 2.75) is 13.0 Å². The molecule has 0 heterocycles. The maximum atomic E-state index is 12.0. The Hall–Kier alpha value is -2.84. The molecule has 0 bridgehead atoms. The lowest BCUT2D eigenvalue weighted by atomic mass is 10.1. The van der Waals surface area contributed by atoms with Crippen LogP contribution in [0.15, 0.2) is 48.5 Å². The first-order valence-electron chi connectivity index (χ1n) is 7.34. The lowest BCUT2D eigenvalue weighted by Gasteiger charge is -2.09. The van der Waals surface area contributed by atoms with Crippen molar-refractivity contribution >= 4 is 5.91 Å². The first-order chi connectivity index (χ1) is 11.2. The molecule has 118 valence electrons. The van der Waals surface area contributed by atoms with Crippen LogP contribution in [-0.2, 0) is 6.61 Å². The van der Waals surface area contributed by atoms with Crippen LogP contribution in [0.2, 0.25) is 0 Å². The van der Waals surface area contributed by atoms with Crippen LogP contribution < -0.4 is 10.1 Å². The molecule has 0 saturated heterocycles. The van der Waals surface area contributed by atoms with Gasteiger partial charge in [-0.25, -0.2) is 0 Å². The highest BCUT2D eigenvalue weighted by Gasteiger charge is 2.07. The van der Waals surface area contributed by atoms with Crippen molar-refractivity contribution in [3.8, 4) is 11.8 Å². The zero-order valence-electron chi connectivity index (χ0n) is 12.7. The monoisotopic (exact) mass is 310 g/mol. The van der Waals surface area contributed by atoms with Crippen molar-refractivity contribution in [1.82, 2.24) is 5.32 Å². The molecule has 2 rings (SSSR count). The zero-order chi connectivity index (χ0) is 16.5. The van der Waals surface area contributed by atoms with Crippen LogP contribution in [0.1, 0.15) is 27.9 Å². The highest BCUT2D eigenvalue weighted by molar-refractivity contribution is 5.94. The van der Waals surface area contributed by atoms with Crippen LogP contribution in [0.4, 0.5) is 0 Å². The lowest BCUT2D eigenvalue weighted by molar-refractivity contribution is 0.0950. The summed E-state index contributed by atoms with van der Waals surface area (Å²) in [6.45, 7) is 0.733. The van der Waals surface area contributed by atoms with E-state index >= 15 is 0 Å². The molecule has 0 saturated carbocycles. The number of nitrogens with zero attached hydrogens (tertiary/aromatic N) is 1. The van der Waals surface area contributed by atoms with Crippen molar-refractivity contribution in [3.63, 3.8) is 0 Å². The Morgan fingerprint density at radius 3 is 2.83 bits per heavy atom. The Kier molecular flexibility index (Phi) is 6.16. The Balaban J connectivity index is 2.00. The SMILES string of the molecule is N#Cc1ccccc1COc1cccc(C(=O)NCCCO)c1. The van der Waals surface area contributed by atoms with E-state index in [9.17, 15) is 4.79 Å². The minimum atomic E-state index is -0.207. The van der Waals surface area contributed by atoms with Gasteiger partial charge < -0.3 is 15.2 Å². The van der Waals surface area contributed by atoms with Crippen molar-refractivity contribution in [2.75, 3.05) is 13.2 Å². The molecule has 0 unspecified atom stereocenters. The van der Waals surface area contributed by atoms with Gasteiger partial charge in [-0.05, 0) is 30.7 Å². The van der Waals surface area contributed by atoms with Gasteiger partial charge in [0.25, 0.3) is 5.91 Å². The standard InChI is InChI=1S/C18H18N2O3/c19-12-15-5-1-2-6-16(15)13-23-17-8-3-7-14(11-17)18(22)20-9-4-10-21/h1-3,5-8,11,21H,4,9-10,13H2,(H,20,22). The number of amides is 1. The molecule has 0 aromatic heterocycles. The number of rotatable bonds is 7. The fraction of sp³-hybridized carbons (Fsp3) is 0.222. The Morgan fingerprint density at radius 2 is 2.04 bits per heavy atom. The van der Waals surface area contributed by atoms with Crippen LogP contribution >= 0.6 is 0 Å². The predicted octanol–water partition coefficient (Wildman–Crippen LogP) is 2.25. The maximum absolute atomic E-state index is 12.0. The van der Waals surface area contributed by atoms with Gasteiger partial charge in [-0.2, -0.15) is 5.26 Å². The Morgan fingerprint density at radius 1 is 1.22 bits per heavy atom. The third-order valence-corrected chi connectivity index (χ3v) is 3.25. The maximum Gasteiger partial charge on any atom is 0.251 e. The first kappa shape index (κ1) is 16.5. The summed E-state index contributed by atoms with van der Waals surface area (Å²) in [5.41, 5.74) is 1.87. The molecule has 0 aliphatic carbocycles. The van der Waals surface area contributed by atoms with Gasteiger partial charge in [0.1, 0.15) is 12.4 Å². The van der Waals surface area contributed by atoms with Gasteiger partial charge >= 0.3 is 0 Å². The number of nitriles is 1. The largest absolute Gasteiger partial charge is 0.489 e. The zero-order valence-corrected chi connectivity index (χ0v) is 12.7. The summed E-state index contributed by atoms with van der Waals surface area (Å²) in [6.07, 6.45) is 0.521. The topological polar surface area (TPSA) is 82.3 Å². The average molecular weight is 310 g/mol. The van der Waals surface area contributed by atoms with Gasteiger partial charge in [0.15, 0.2) is 0 Å². The van der Waals surface area contributed by atoms with Gasteiger partial charge in [-0.1, -0.05) is 24.3 Å². The molecular formula is C18H18N2O3. The predicted molar refractivity (Wildman–Crippen MR) is 86.0 cm³/mol. The smallest absolute Gasteiger partial charge is 0.251 e. The summed E-state index contributed by atoms with van der Waals surface area (Å²) in [5, 5.41) is 20.5. The summed E-state index contributed by atoms with van der Waals surface area (Å²) in [4.78, 5) is 12.0. The molecule has 2 aromatic carbocycles. The van der Waals surface area contributed by atoms with Gasteiger partial charge in [-0.15, -0.1) is 0 Å². The third kappa shape index (κ3) is 4.83. The van der Waals surface area contributed by atoms with E-state index in [4.69, 9.17) is 15.1 Å². The van der Waals surface area contributed by atoms with E-state index in [1.807, 2.05) is 12.1 Å². The molecule has 5 heteroatoms. The van der Waals surface area contributed by atoms with Crippen molar-refractivity contribution in [2.24, 2.45) is 0 Å². The van der Waals surface area contributed by atoms with Crippen LogP contribution in [0.5, 0.6) is 5.75 Å². The number of ether oxygens (including phenoxy) is 1. The molecule has 0 spiro atoms. The number of nitrogens with one attached hydrogen (secondary N) is 1. The molecular weight excluding hydrogens is 292 g/mol. The van der Waals surface area contributed by atoms with E-state index in [-0.39, 0.29) is 19.1 Å². The summed E-state index contributed by atoms with van der Waals surface area (Å²) < 4.78 is 5.68. The molecule has 5 nitrogen and oxygen atoms in total. The first-order valence-corrected chi connectivity index (χ1v) is 7.34. The number of carbonyl (C=O) groups is 1. The second-order valence-electron chi connectivity index (χ2n) is 4.92. The molecule has 23 heavy (non-hydrogen) atoms. The van der Waals surface area contributed by atoms with Gasteiger partial charge in [0.05, 0.1) is 11.6 Å². The average Bonchev–Trinajstić information content (AvgIpc) is 2.60. The van der Waals surface area contributed by atoms with E-state index in [1.165, 1.54) is 0 Å². The molecule has 0 atom stereocenters. The number of aliphatic hydroxyl groups is 1. The second kappa shape index (κ2) is 8.57. The van der Waals surface area contributed by atoms with Crippen LogP contribution in [0, 0.1) is 11.3 Å². The number of benzene rings is 2. The van der Waals surface area contributed by atoms with Gasteiger partial charge in [0.2, 0.25) is 0 Å². The van der Waals surface area contributed by atoms with Crippen LogP contribution in [0.25, 0.3) is 0 Å². The van der Waals surface area contributed by atoms with E-state index in [1.54, 1.807) is 36.4 Å². The molecule has 0 aliphatic heterocycles. The molecule has 0 aliphatic rings. The molecule has 0 fully saturated rings. The molecule has 2 aromatic rings. The summed E-state index contributed by atoms with van der Waals surface area (Å²) in [7, 11) is 0. The summed E-state index contributed by atoms with van der Waals surface area (Å²) in [6, 6.07) is 16.2. The van der Waals surface area contributed by atoms with Crippen LogP contribution in [-0.4, -0.2) is 24.2 Å². The van der Waals surface area contributed by atoms with Gasteiger partial charge in [-0.3, -0.25) is 4.79 Å². The fourth-order valence-electron chi connectivity index (χ4n) is 2.03. The van der Waals surface area contributed by atoms with Gasteiger partial charge in [0, 0.05) is 24.3 Å². The van der Waals surface area contributed by atoms with Crippen molar-refractivity contribution < 1.29 is 14.6 Å². The number of aliphatic hydroxyl groups excluding tert-OH is 1. The minimum Gasteiger partial charge on any atom is -0.489 e. The quantitative estimate of drug-likeness (QED) is 0.768. The highest BCUT2D eigenvalue weighted by atomic mass is 16.5. The molecule has 1 amide bonds. The van der Waals surface area contributed by atoms with E-state index in [0.29, 0.717) is 29.8 Å². The number of carbonyl (C=O) groups excluding carboxylic acids is 1. The molecule has 0 radical (unpaired) electrons. The summed E-state index contributed by atoms with van der Waals surface area (Å²) in [5.74, 6) is 0.355. The van der Waals surface area contributed by atoms with Crippen molar-refractivity contribution in [1.29, 1.82) is 5.26 Å². The van der Waals surface area contributed by atoms with E-state index in [2.05, 4.69) is 11.4 Å².